The lowest BCUT2D eigenvalue weighted by molar-refractivity contribution is 0.504. The van der Waals surface area contributed by atoms with E-state index in [4.69, 9.17) is 0 Å². The number of aryl methyl sites for hydroxylation is 2. The van der Waals surface area contributed by atoms with Crippen molar-refractivity contribution in [3.05, 3.63) is 171 Å². The summed E-state index contributed by atoms with van der Waals surface area (Å²) in [5, 5.41) is 0. The largest absolute Gasteiger partial charge is 0.310 e. The van der Waals surface area contributed by atoms with Crippen LogP contribution in [0.25, 0.3) is 0 Å². The van der Waals surface area contributed by atoms with Gasteiger partial charge in [0.1, 0.15) is 0 Å². The minimum absolute atomic E-state index is 0.0854. The minimum atomic E-state index is -0.217. The summed E-state index contributed by atoms with van der Waals surface area (Å²) in [5.74, 6) is 0.333. The fraction of sp³-hybridized carbons (Fsp3) is 0.277. The smallest absolute Gasteiger partial charge is 0.0545 e. The first-order chi connectivity index (χ1) is 23.4. The molecule has 0 aromatic heterocycles. The number of nitrogens with zero attached hydrogens (tertiary/aromatic N) is 2. The SMILES string of the molecule is Cc1cc(C)cc(N(c2ccccc2)c2cc3c4c(c2)C(C)(C)c2cccc5c2N4C2=C(CC(c4ccccc4)C=C2C3(C)C)C5(C)C)c1. The Hall–Kier alpha value is -4.82. The Morgan fingerprint density at radius 1 is 0.551 bits per heavy atom. The maximum Gasteiger partial charge on any atom is 0.0545 e. The average Bonchev–Trinajstić information content (AvgIpc) is 3.08. The zero-order chi connectivity index (χ0) is 34.0. The molecule has 0 bridgehead atoms. The van der Waals surface area contributed by atoms with Gasteiger partial charge in [0.05, 0.1) is 17.1 Å². The van der Waals surface area contributed by atoms with E-state index < -0.39 is 0 Å². The highest BCUT2D eigenvalue weighted by atomic mass is 15.2. The molecule has 0 saturated heterocycles. The fourth-order valence-corrected chi connectivity index (χ4v) is 9.67. The molecule has 1 unspecified atom stereocenters. The molecule has 3 aliphatic heterocycles. The Balaban J connectivity index is 1.38. The van der Waals surface area contributed by atoms with Gasteiger partial charge in [0.25, 0.3) is 0 Å². The van der Waals surface area contributed by atoms with Gasteiger partial charge in [0.15, 0.2) is 0 Å². The van der Waals surface area contributed by atoms with E-state index in [1.54, 1.807) is 5.57 Å². The molecule has 0 fully saturated rings. The number of para-hydroxylation sites is 2. The van der Waals surface area contributed by atoms with Crippen LogP contribution < -0.4 is 9.80 Å². The summed E-state index contributed by atoms with van der Waals surface area (Å²) in [6, 6.07) is 41.2. The summed E-state index contributed by atoms with van der Waals surface area (Å²) in [5.41, 5.74) is 20.0. The van der Waals surface area contributed by atoms with Crippen molar-refractivity contribution in [3.8, 4) is 0 Å². The Bertz CT molecular complexity index is 2230. The monoisotopic (exact) mass is 638 g/mol. The van der Waals surface area contributed by atoms with Gasteiger partial charge in [-0.05, 0) is 107 Å². The Kier molecular flexibility index (Phi) is 6.24. The molecule has 0 saturated carbocycles. The molecule has 0 spiro atoms. The van der Waals surface area contributed by atoms with E-state index in [0.29, 0.717) is 5.92 Å². The second-order valence-corrected chi connectivity index (χ2v) is 16.4. The number of benzene rings is 5. The molecular formula is C47H46N2. The Labute approximate surface area is 292 Å². The maximum absolute atomic E-state index is 2.72. The van der Waals surface area contributed by atoms with E-state index >= 15 is 0 Å². The van der Waals surface area contributed by atoms with Crippen LogP contribution in [0.15, 0.2) is 132 Å². The van der Waals surface area contributed by atoms with E-state index in [0.717, 1.165) is 6.42 Å². The van der Waals surface area contributed by atoms with E-state index in [9.17, 15) is 0 Å². The molecule has 5 aromatic rings. The molecular weight excluding hydrogens is 593 g/mol. The van der Waals surface area contributed by atoms with Crippen LogP contribution in [-0.4, -0.2) is 0 Å². The van der Waals surface area contributed by atoms with Gasteiger partial charge < -0.3 is 9.80 Å². The third-order valence-electron chi connectivity index (χ3n) is 12.2. The normalized spacial score (nSPS) is 20.0. The molecule has 4 aliphatic rings. The van der Waals surface area contributed by atoms with Crippen molar-refractivity contribution in [1.29, 1.82) is 0 Å². The molecule has 49 heavy (non-hydrogen) atoms. The molecule has 2 heteroatoms. The van der Waals surface area contributed by atoms with Gasteiger partial charge in [0, 0.05) is 39.2 Å². The van der Waals surface area contributed by atoms with Crippen LogP contribution in [0.2, 0.25) is 0 Å². The first-order valence-corrected chi connectivity index (χ1v) is 18.0. The van der Waals surface area contributed by atoms with Gasteiger partial charge in [-0.2, -0.15) is 0 Å². The van der Waals surface area contributed by atoms with Crippen LogP contribution in [0.3, 0.4) is 0 Å². The van der Waals surface area contributed by atoms with Crippen molar-refractivity contribution < 1.29 is 0 Å². The van der Waals surface area contributed by atoms with Gasteiger partial charge in [0.2, 0.25) is 0 Å². The van der Waals surface area contributed by atoms with Crippen molar-refractivity contribution in [2.75, 3.05) is 9.80 Å². The highest BCUT2D eigenvalue weighted by Crippen LogP contribution is 2.67. The van der Waals surface area contributed by atoms with Crippen LogP contribution in [0.5, 0.6) is 0 Å². The van der Waals surface area contributed by atoms with Crippen LogP contribution in [-0.2, 0) is 16.2 Å². The number of rotatable bonds is 4. The molecule has 3 heterocycles. The maximum atomic E-state index is 2.72. The minimum Gasteiger partial charge on any atom is -0.310 e. The molecule has 0 radical (unpaired) electrons. The van der Waals surface area contributed by atoms with E-state index in [1.165, 1.54) is 78.7 Å². The van der Waals surface area contributed by atoms with E-state index in [2.05, 4.69) is 180 Å². The number of hydrogen-bond acceptors (Lipinski definition) is 2. The third-order valence-corrected chi connectivity index (χ3v) is 12.2. The quantitative estimate of drug-likeness (QED) is 0.193. The zero-order valence-corrected chi connectivity index (χ0v) is 30.1. The van der Waals surface area contributed by atoms with Gasteiger partial charge in [-0.25, -0.2) is 0 Å². The number of anilines is 5. The molecule has 9 rings (SSSR count). The van der Waals surface area contributed by atoms with Gasteiger partial charge >= 0.3 is 0 Å². The summed E-state index contributed by atoms with van der Waals surface area (Å²) in [7, 11) is 0. The second-order valence-electron chi connectivity index (χ2n) is 16.4. The molecule has 244 valence electrons. The van der Waals surface area contributed by atoms with Crippen molar-refractivity contribution in [2.45, 2.75) is 84.0 Å². The molecule has 5 aromatic carbocycles. The zero-order valence-electron chi connectivity index (χ0n) is 30.1. The average molecular weight is 639 g/mol. The van der Waals surface area contributed by atoms with E-state index in [-0.39, 0.29) is 16.2 Å². The van der Waals surface area contributed by atoms with Crippen LogP contribution in [0, 0.1) is 13.8 Å². The lowest BCUT2D eigenvalue weighted by atomic mass is 9.57. The first kappa shape index (κ1) is 30.3. The molecule has 1 aliphatic carbocycles. The van der Waals surface area contributed by atoms with Crippen LogP contribution >= 0.6 is 0 Å². The predicted molar refractivity (Wildman–Crippen MR) is 206 cm³/mol. The Morgan fingerprint density at radius 2 is 1.10 bits per heavy atom. The van der Waals surface area contributed by atoms with Crippen molar-refractivity contribution in [3.63, 3.8) is 0 Å². The molecule has 0 amide bonds. The second kappa shape index (κ2) is 10.1. The fourth-order valence-electron chi connectivity index (χ4n) is 9.67. The molecule has 2 nitrogen and oxygen atoms in total. The summed E-state index contributed by atoms with van der Waals surface area (Å²) >= 11 is 0. The van der Waals surface area contributed by atoms with Crippen LogP contribution in [0.4, 0.5) is 28.4 Å². The van der Waals surface area contributed by atoms with Crippen molar-refractivity contribution in [1.82, 2.24) is 0 Å². The number of allylic oxidation sites excluding steroid dienone is 3. The third kappa shape index (κ3) is 4.13. The molecule has 0 N–H and O–H groups in total. The van der Waals surface area contributed by atoms with Gasteiger partial charge in [-0.1, -0.05) is 120 Å². The number of hydrogen-bond donors (Lipinski definition) is 0. The standard InChI is InChI=1S/C47H46N2/c1-29-22-30(2)24-34(23-29)48(33-18-13-10-14-19-33)35-27-40-44-41(28-35)47(7,8)39-26-32(31-16-11-9-12-17-31)25-38-43(39)49(44)42-36(45(38,3)4)20-15-21-37(42)46(40,5)6/h9-24,26-28,32H,25H2,1-8H3. The van der Waals surface area contributed by atoms with Crippen molar-refractivity contribution >= 4 is 28.4 Å². The lowest BCUT2D eigenvalue weighted by Crippen LogP contribution is -2.48. The Morgan fingerprint density at radius 3 is 1.76 bits per heavy atom. The van der Waals surface area contributed by atoms with Gasteiger partial charge in [-0.15, -0.1) is 0 Å². The van der Waals surface area contributed by atoms with Crippen molar-refractivity contribution in [2.24, 2.45) is 0 Å². The van der Waals surface area contributed by atoms with Gasteiger partial charge in [-0.3, -0.25) is 0 Å². The van der Waals surface area contributed by atoms with E-state index in [1.807, 2.05) is 0 Å². The summed E-state index contributed by atoms with van der Waals surface area (Å²) in [6.45, 7) is 19.2. The lowest BCUT2D eigenvalue weighted by Gasteiger charge is -2.58. The predicted octanol–water partition coefficient (Wildman–Crippen LogP) is 12.5. The van der Waals surface area contributed by atoms with Crippen LogP contribution in [0.1, 0.15) is 92.8 Å². The highest BCUT2D eigenvalue weighted by Gasteiger charge is 2.54. The highest BCUT2D eigenvalue weighted by molar-refractivity contribution is 5.95. The summed E-state index contributed by atoms with van der Waals surface area (Å²) in [6.07, 6.45) is 3.67. The summed E-state index contributed by atoms with van der Waals surface area (Å²) in [4.78, 5) is 5.19. The molecule has 1 atom stereocenters. The first-order valence-electron chi connectivity index (χ1n) is 18.0. The topological polar surface area (TPSA) is 6.48 Å². The summed E-state index contributed by atoms with van der Waals surface area (Å²) < 4.78 is 0.